The summed E-state index contributed by atoms with van der Waals surface area (Å²) in [4.78, 5) is 19.6. The molecule has 0 aliphatic carbocycles. The number of nitrogens with two attached hydrogens (primary N) is 2. The number of nitrogens with zero attached hydrogens (tertiary/aromatic N) is 6. The molecule has 0 bridgehead atoms. The van der Waals surface area contributed by atoms with Gasteiger partial charge in [0.25, 0.3) is 0 Å². The van der Waals surface area contributed by atoms with E-state index in [2.05, 4.69) is 15.0 Å². The molecule has 4 aromatic rings. The van der Waals surface area contributed by atoms with Crippen molar-refractivity contribution in [3.63, 3.8) is 0 Å². The average molecular weight is 555 g/mol. The van der Waals surface area contributed by atoms with Crippen molar-refractivity contribution >= 4 is 24.6 Å². The Morgan fingerprint density at radius 3 is 2.59 bits per heavy atom. The van der Waals surface area contributed by atoms with Gasteiger partial charge in [0.1, 0.15) is 24.3 Å². The SMILES string of the molecule is Cc1ccccc1COCCN(C)P(N)(=O)N(CO[C@H](C)Cn1cnc2c(N)ncnc21)Oc1ccccc1. The van der Waals surface area contributed by atoms with Crippen molar-refractivity contribution in [1.29, 1.82) is 0 Å². The molecule has 0 fully saturated rings. The van der Waals surface area contributed by atoms with E-state index in [4.69, 9.17) is 25.5 Å². The molecule has 0 aliphatic heterocycles. The maximum atomic E-state index is 13.8. The Balaban J connectivity index is 1.38. The molecular formula is C26H35N8O4P. The zero-order valence-corrected chi connectivity index (χ0v) is 23.3. The first-order chi connectivity index (χ1) is 18.8. The number of anilines is 1. The molecular weight excluding hydrogens is 519 g/mol. The summed E-state index contributed by atoms with van der Waals surface area (Å²) < 4.78 is 29.0. The lowest BCUT2D eigenvalue weighted by Gasteiger charge is -2.33. The van der Waals surface area contributed by atoms with Crippen LogP contribution < -0.4 is 16.1 Å². The molecule has 0 spiro atoms. The monoisotopic (exact) mass is 554 g/mol. The molecule has 2 aromatic heterocycles. The second kappa shape index (κ2) is 13.1. The molecule has 4 N–H and O–H groups in total. The van der Waals surface area contributed by atoms with Crippen LogP contribution in [-0.4, -0.2) is 62.1 Å². The number of nitrogen functional groups attached to an aromatic ring is 1. The molecule has 2 heterocycles. The predicted molar refractivity (Wildman–Crippen MR) is 149 cm³/mol. The van der Waals surface area contributed by atoms with Gasteiger partial charge in [0.2, 0.25) is 0 Å². The fourth-order valence-corrected chi connectivity index (χ4v) is 4.94. The van der Waals surface area contributed by atoms with Crippen LogP contribution in [0.2, 0.25) is 0 Å². The number of hydrogen-bond donors (Lipinski definition) is 2. The molecule has 0 aliphatic rings. The molecule has 4 rings (SSSR count). The van der Waals surface area contributed by atoms with E-state index in [1.165, 1.54) is 15.8 Å². The lowest BCUT2D eigenvalue weighted by Crippen LogP contribution is -2.39. The van der Waals surface area contributed by atoms with Crippen LogP contribution in [0.5, 0.6) is 5.75 Å². The van der Waals surface area contributed by atoms with Gasteiger partial charge in [-0.3, -0.25) is 10.1 Å². The first-order valence-electron chi connectivity index (χ1n) is 12.5. The Morgan fingerprint density at radius 2 is 1.82 bits per heavy atom. The van der Waals surface area contributed by atoms with E-state index in [0.29, 0.717) is 49.0 Å². The second-order valence-electron chi connectivity index (χ2n) is 9.14. The molecule has 0 radical (unpaired) electrons. The van der Waals surface area contributed by atoms with Crippen LogP contribution in [0.25, 0.3) is 11.2 Å². The Labute approximate surface area is 228 Å². The van der Waals surface area contributed by atoms with Gasteiger partial charge in [-0.25, -0.2) is 19.6 Å². The van der Waals surface area contributed by atoms with Crippen LogP contribution in [0.3, 0.4) is 0 Å². The van der Waals surface area contributed by atoms with Gasteiger partial charge in [-0.05, 0) is 49.0 Å². The van der Waals surface area contributed by atoms with Crippen LogP contribution in [0.4, 0.5) is 5.82 Å². The highest BCUT2D eigenvalue weighted by atomic mass is 31.2. The maximum absolute atomic E-state index is 13.8. The van der Waals surface area contributed by atoms with Crippen molar-refractivity contribution in [3.05, 3.63) is 78.4 Å². The molecule has 0 saturated carbocycles. The van der Waals surface area contributed by atoms with Gasteiger partial charge in [0.05, 0.1) is 32.2 Å². The van der Waals surface area contributed by atoms with Crippen LogP contribution in [0.1, 0.15) is 18.1 Å². The number of aromatic nitrogens is 4. The van der Waals surface area contributed by atoms with Gasteiger partial charge in [0.15, 0.2) is 11.5 Å². The second-order valence-corrected chi connectivity index (χ2v) is 11.4. The quantitative estimate of drug-likeness (QED) is 0.102. The number of ether oxygens (including phenoxy) is 2. The number of hydroxylamine groups is 1. The highest BCUT2D eigenvalue weighted by Crippen LogP contribution is 2.44. The van der Waals surface area contributed by atoms with Gasteiger partial charge in [-0.15, -0.1) is 0 Å². The third-order valence-electron chi connectivity index (χ3n) is 6.19. The van der Waals surface area contributed by atoms with E-state index in [1.807, 2.05) is 60.9 Å². The number of imidazole rings is 1. The molecule has 2 aromatic carbocycles. The lowest BCUT2D eigenvalue weighted by molar-refractivity contribution is -0.0960. The van der Waals surface area contributed by atoms with Crippen molar-refractivity contribution in [2.24, 2.45) is 5.50 Å². The van der Waals surface area contributed by atoms with E-state index in [9.17, 15) is 4.57 Å². The fraction of sp³-hybridized carbons (Fsp3) is 0.346. The smallest absolute Gasteiger partial charge is 0.315 e. The number of aryl methyl sites for hydroxylation is 1. The van der Waals surface area contributed by atoms with Crippen molar-refractivity contribution < 1.29 is 18.9 Å². The van der Waals surface area contributed by atoms with E-state index >= 15 is 0 Å². The van der Waals surface area contributed by atoms with E-state index in [-0.39, 0.29) is 12.8 Å². The Hall–Kier alpha value is -3.38. The van der Waals surface area contributed by atoms with Crippen LogP contribution >= 0.6 is 7.59 Å². The number of hydrogen-bond acceptors (Lipinski definition) is 8. The van der Waals surface area contributed by atoms with Gasteiger partial charge in [-0.1, -0.05) is 42.5 Å². The van der Waals surface area contributed by atoms with Crippen molar-refractivity contribution in [1.82, 2.24) is 29.0 Å². The van der Waals surface area contributed by atoms with Gasteiger partial charge >= 0.3 is 7.59 Å². The number of benzene rings is 2. The topological polar surface area (TPSA) is 147 Å². The fourth-order valence-electron chi connectivity index (χ4n) is 3.79. The lowest BCUT2D eigenvalue weighted by atomic mass is 10.1. The minimum atomic E-state index is -3.67. The Morgan fingerprint density at radius 1 is 1.08 bits per heavy atom. The van der Waals surface area contributed by atoms with Gasteiger partial charge in [-0.2, -0.15) is 0 Å². The predicted octanol–water partition coefficient (Wildman–Crippen LogP) is 3.59. The average Bonchev–Trinajstić information content (AvgIpc) is 3.34. The minimum Gasteiger partial charge on any atom is -0.395 e. The summed E-state index contributed by atoms with van der Waals surface area (Å²) in [7, 11) is -2.00. The third-order valence-corrected chi connectivity index (χ3v) is 8.21. The molecule has 2 atom stereocenters. The van der Waals surface area contributed by atoms with Gasteiger partial charge in [0, 0.05) is 6.54 Å². The standard InChI is InChI=1S/C26H35N8O4P/c1-20-9-7-8-10-22(20)16-36-14-13-32(3)39(28,35)34(38-23-11-5-4-6-12-23)19-37-21(2)15-33-18-31-24-25(27)29-17-30-26(24)33/h4-12,17-18,21H,13-16,19H2,1-3H3,(H2,28,35)(H2,27,29,30)/t21-,39?/m1/s1. The molecule has 1 unspecified atom stereocenters. The minimum absolute atomic E-state index is 0.151. The van der Waals surface area contributed by atoms with E-state index < -0.39 is 7.59 Å². The highest BCUT2D eigenvalue weighted by Gasteiger charge is 2.34. The summed E-state index contributed by atoms with van der Waals surface area (Å²) in [5.74, 6) is 0.793. The molecule has 39 heavy (non-hydrogen) atoms. The van der Waals surface area contributed by atoms with Crippen LogP contribution in [0.15, 0.2) is 67.3 Å². The molecule has 0 saturated heterocycles. The summed E-state index contributed by atoms with van der Waals surface area (Å²) in [5, 5.41) is 0. The van der Waals surface area contributed by atoms with Crippen molar-refractivity contribution in [2.75, 3.05) is 32.7 Å². The maximum Gasteiger partial charge on any atom is 0.315 e. The van der Waals surface area contributed by atoms with Crippen LogP contribution in [0, 0.1) is 6.92 Å². The number of fused-ring (bicyclic) bond motifs is 1. The number of rotatable bonds is 14. The zero-order chi connectivity index (χ0) is 27.8. The summed E-state index contributed by atoms with van der Waals surface area (Å²) in [6, 6.07) is 17.0. The first kappa shape index (κ1) is 28.6. The third kappa shape index (κ3) is 7.39. The van der Waals surface area contributed by atoms with E-state index in [1.54, 1.807) is 25.5 Å². The first-order valence-corrected chi connectivity index (χ1v) is 14.2. The summed E-state index contributed by atoms with van der Waals surface area (Å²) >= 11 is 0. The Bertz CT molecular complexity index is 1400. The van der Waals surface area contributed by atoms with Crippen molar-refractivity contribution in [2.45, 2.75) is 33.1 Å². The largest absolute Gasteiger partial charge is 0.395 e. The summed E-state index contributed by atoms with van der Waals surface area (Å²) in [6.07, 6.45) is 2.69. The molecule has 0 amide bonds. The van der Waals surface area contributed by atoms with Gasteiger partial charge < -0.3 is 24.6 Å². The highest BCUT2D eigenvalue weighted by molar-refractivity contribution is 7.56. The number of likely N-dealkylation sites (N-methyl/N-ethyl adjacent to an activating group) is 1. The Kier molecular flexibility index (Phi) is 9.63. The molecule has 13 heteroatoms. The van der Waals surface area contributed by atoms with Crippen LogP contribution in [-0.2, 0) is 27.2 Å². The summed E-state index contributed by atoms with van der Waals surface area (Å²) in [5.41, 5.74) is 15.7. The van der Waals surface area contributed by atoms with E-state index in [0.717, 1.165) is 11.1 Å². The normalized spacial score (nSPS) is 14.1. The molecule has 12 nitrogen and oxygen atoms in total. The zero-order valence-electron chi connectivity index (χ0n) is 22.4. The molecule has 208 valence electrons. The van der Waals surface area contributed by atoms with Crippen molar-refractivity contribution in [3.8, 4) is 5.75 Å². The number of para-hydroxylation sites is 1. The summed E-state index contributed by atoms with van der Waals surface area (Å²) in [6.45, 7) is 5.30.